The van der Waals surface area contributed by atoms with Crippen LogP contribution in [0, 0.1) is 0 Å². The van der Waals surface area contributed by atoms with Crippen molar-refractivity contribution in [2.24, 2.45) is 0 Å². The molecule has 0 atom stereocenters. The Morgan fingerprint density at radius 3 is 2.66 bits per heavy atom. The minimum Gasteiger partial charge on any atom is -0.483 e. The van der Waals surface area contributed by atoms with Gasteiger partial charge in [0.15, 0.2) is 17.2 Å². The van der Waals surface area contributed by atoms with Gasteiger partial charge in [0.1, 0.15) is 12.3 Å². The molecular weight excluding hydrogens is 390 g/mol. The van der Waals surface area contributed by atoms with Gasteiger partial charge < -0.3 is 4.74 Å². The lowest BCUT2D eigenvalue weighted by molar-refractivity contribution is 0.303. The van der Waals surface area contributed by atoms with Crippen LogP contribution in [-0.2, 0) is 6.61 Å². The molecule has 0 saturated carbocycles. The van der Waals surface area contributed by atoms with Gasteiger partial charge in [0, 0.05) is 17.4 Å². The highest BCUT2D eigenvalue weighted by Crippen LogP contribution is 2.26. The SMILES string of the molecule is O=c1nc2n3cccc(OCc4ccccn4)c3ncc-2n1-c1ccc(Cl)cc1. The van der Waals surface area contributed by atoms with Crippen molar-refractivity contribution in [1.29, 1.82) is 0 Å². The van der Waals surface area contributed by atoms with Crippen LogP contribution in [0.4, 0.5) is 0 Å². The first-order valence-corrected chi connectivity index (χ1v) is 9.26. The summed E-state index contributed by atoms with van der Waals surface area (Å²) in [6, 6.07) is 16.3. The van der Waals surface area contributed by atoms with Gasteiger partial charge in [0.25, 0.3) is 0 Å². The van der Waals surface area contributed by atoms with Gasteiger partial charge in [-0.15, -0.1) is 0 Å². The van der Waals surface area contributed by atoms with Crippen LogP contribution >= 0.6 is 11.6 Å². The van der Waals surface area contributed by atoms with Gasteiger partial charge in [0.2, 0.25) is 0 Å². The van der Waals surface area contributed by atoms with Crippen LogP contribution in [0.1, 0.15) is 5.69 Å². The van der Waals surface area contributed by atoms with E-state index in [4.69, 9.17) is 16.3 Å². The summed E-state index contributed by atoms with van der Waals surface area (Å²) in [5.74, 6) is 1.08. The van der Waals surface area contributed by atoms with E-state index in [0.29, 0.717) is 40.2 Å². The van der Waals surface area contributed by atoms with Crippen molar-refractivity contribution >= 4 is 17.2 Å². The minimum absolute atomic E-state index is 0.312. The Bertz CT molecular complexity index is 1330. The molecule has 5 rings (SSSR count). The summed E-state index contributed by atoms with van der Waals surface area (Å²) in [6.45, 7) is 0.312. The molecule has 142 valence electrons. The summed E-state index contributed by atoms with van der Waals surface area (Å²) in [4.78, 5) is 25.6. The van der Waals surface area contributed by atoms with Crippen LogP contribution in [-0.4, -0.2) is 23.9 Å². The number of hydrogen-bond donors (Lipinski definition) is 0. The summed E-state index contributed by atoms with van der Waals surface area (Å²) >= 11 is 5.96. The molecule has 0 amide bonds. The molecule has 0 aliphatic carbocycles. The average Bonchev–Trinajstić information content (AvgIpc) is 3.10. The third-order valence-corrected chi connectivity index (χ3v) is 4.77. The fraction of sp³-hybridized carbons (Fsp3) is 0.0476. The maximum Gasteiger partial charge on any atom is 0.354 e. The van der Waals surface area contributed by atoms with Crippen molar-refractivity contribution in [2.45, 2.75) is 6.61 Å². The predicted octanol–water partition coefficient (Wildman–Crippen LogP) is 3.61. The summed E-state index contributed by atoms with van der Waals surface area (Å²) in [5.41, 5.74) is 2.26. The molecule has 0 bridgehead atoms. The van der Waals surface area contributed by atoms with E-state index < -0.39 is 0 Å². The molecule has 4 heterocycles. The Balaban J connectivity index is 1.60. The van der Waals surface area contributed by atoms with Crippen molar-refractivity contribution in [1.82, 2.24) is 23.9 Å². The van der Waals surface area contributed by atoms with E-state index in [1.54, 1.807) is 47.3 Å². The van der Waals surface area contributed by atoms with Gasteiger partial charge in [0.05, 0.1) is 17.6 Å². The molecule has 0 radical (unpaired) electrons. The second kappa shape index (κ2) is 7.03. The largest absolute Gasteiger partial charge is 0.483 e. The van der Waals surface area contributed by atoms with E-state index in [1.807, 2.05) is 30.3 Å². The molecule has 7 nitrogen and oxygen atoms in total. The van der Waals surface area contributed by atoms with Crippen molar-refractivity contribution in [3.63, 3.8) is 0 Å². The van der Waals surface area contributed by atoms with Crippen LogP contribution < -0.4 is 10.4 Å². The quantitative estimate of drug-likeness (QED) is 0.458. The highest BCUT2D eigenvalue weighted by Gasteiger charge is 2.20. The summed E-state index contributed by atoms with van der Waals surface area (Å²) in [6.07, 6.45) is 5.15. The fourth-order valence-corrected chi connectivity index (χ4v) is 3.31. The third-order valence-electron chi connectivity index (χ3n) is 4.52. The number of benzene rings is 1. The van der Waals surface area contributed by atoms with E-state index in [1.165, 1.54) is 4.57 Å². The molecule has 29 heavy (non-hydrogen) atoms. The maximum atomic E-state index is 12.6. The van der Waals surface area contributed by atoms with Crippen molar-refractivity contribution in [2.75, 3.05) is 0 Å². The number of imidazole rings is 1. The molecule has 0 unspecified atom stereocenters. The normalized spacial score (nSPS) is 11.2. The zero-order chi connectivity index (χ0) is 19.8. The summed E-state index contributed by atoms with van der Waals surface area (Å²) in [5, 5.41) is 0.596. The van der Waals surface area contributed by atoms with Crippen molar-refractivity contribution in [3.05, 3.63) is 94.4 Å². The van der Waals surface area contributed by atoms with Crippen LogP contribution in [0.25, 0.3) is 22.9 Å². The van der Waals surface area contributed by atoms with Crippen LogP contribution in [0.2, 0.25) is 5.02 Å². The van der Waals surface area contributed by atoms with E-state index in [9.17, 15) is 4.79 Å². The van der Waals surface area contributed by atoms with Gasteiger partial charge >= 0.3 is 5.69 Å². The molecule has 3 aromatic rings. The smallest absolute Gasteiger partial charge is 0.354 e. The molecule has 2 aromatic heterocycles. The second-order valence-corrected chi connectivity index (χ2v) is 6.79. The monoisotopic (exact) mass is 403 g/mol. The van der Waals surface area contributed by atoms with Crippen LogP contribution in [0.15, 0.2) is 78.0 Å². The number of pyridine rings is 2. The molecule has 2 aliphatic heterocycles. The Kier molecular flexibility index (Phi) is 4.22. The zero-order valence-corrected chi connectivity index (χ0v) is 15.8. The highest BCUT2D eigenvalue weighted by atomic mass is 35.5. The summed E-state index contributed by atoms with van der Waals surface area (Å²) < 4.78 is 9.17. The molecule has 2 aliphatic rings. The first-order valence-electron chi connectivity index (χ1n) is 8.88. The average molecular weight is 404 g/mol. The lowest BCUT2D eigenvalue weighted by Crippen LogP contribution is -2.14. The molecule has 0 fully saturated rings. The number of nitrogens with zero attached hydrogens (tertiary/aromatic N) is 5. The van der Waals surface area contributed by atoms with E-state index in [0.717, 1.165) is 5.69 Å². The Hall–Kier alpha value is -3.71. The Morgan fingerprint density at radius 2 is 1.86 bits per heavy atom. The topological polar surface area (TPSA) is 74.3 Å². The number of fused-ring (bicyclic) bond motifs is 3. The van der Waals surface area contributed by atoms with Crippen molar-refractivity contribution < 1.29 is 4.74 Å². The summed E-state index contributed by atoms with van der Waals surface area (Å²) in [7, 11) is 0. The van der Waals surface area contributed by atoms with Crippen molar-refractivity contribution in [3.8, 4) is 23.0 Å². The van der Waals surface area contributed by atoms with Gasteiger partial charge in [-0.05, 0) is 48.5 Å². The second-order valence-electron chi connectivity index (χ2n) is 6.35. The fourth-order valence-electron chi connectivity index (χ4n) is 3.18. The minimum atomic E-state index is -0.385. The molecular formula is C21H14ClN5O2. The van der Waals surface area contributed by atoms with E-state index in [-0.39, 0.29) is 5.69 Å². The van der Waals surface area contributed by atoms with Crippen LogP contribution in [0.5, 0.6) is 5.75 Å². The number of aromatic nitrogens is 5. The molecule has 0 saturated heterocycles. The van der Waals surface area contributed by atoms with E-state index >= 15 is 0 Å². The van der Waals surface area contributed by atoms with Crippen LogP contribution in [0.3, 0.4) is 0 Å². The Morgan fingerprint density at radius 1 is 1.00 bits per heavy atom. The van der Waals surface area contributed by atoms with Gasteiger partial charge in [-0.3, -0.25) is 14.0 Å². The van der Waals surface area contributed by atoms with Gasteiger partial charge in [-0.25, -0.2) is 9.78 Å². The standard InChI is InChI=1S/C21H14ClN5O2/c22-14-6-8-16(9-7-14)27-17-12-24-20-18(29-13-15-4-1-2-10-23-15)5-3-11-26(20)19(17)25-21(27)28/h1-12H,13H2. The third kappa shape index (κ3) is 3.11. The molecule has 0 spiro atoms. The lowest BCUT2D eigenvalue weighted by Gasteiger charge is -2.12. The Labute approximate surface area is 170 Å². The number of ether oxygens (including phenoxy) is 1. The lowest BCUT2D eigenvalue weighted by atomic mass is 10.3. The van der Waals surface area contributed by atoms with Gasteiger partial charge in [-0.1, -0.05) is 17.7 Å². The number of hydrogen-bond acceptors (Lipinski definition) is 5. The first-order chi connectivity index (χ1) is 14.2. The van der Waals surface area contributed by atoms with E-state index in [2.05, 4.69) is 15.0 Å². The molecule has 8 heteroatoms. The molecule has 1 aromatic carbocycles. The molecule has 0 N–H and O–H groups in total. The predicted molar refractivity (Wildman–Crippen MR) is 109 cm³/mol. The number of halogens is 1. The first kappa shape index (κ1) is 17.4. The highest BCUT2D eigenvalue weighted by molar-refractivity contribution is 6.30. The maximum absolute atomic E-state index is 12.6. The number of rotatable bonds is 4. The zero-order valence-electron chi connectivity index (χ0n) is 15.1. The van der Waals surface area contributed by atoms with Gasteiger partial charge in [-0.2, -0.15) is 4.98 Å².